The lowest BCUT2D eigenvalue weighted by molar-refractivity contribution is -0.122. The number of hydrogen-bond acceptors (Lipinski definition) is 4. The summed E-state index contributed by atoms with van der Waals surface area (Å²) >= 11 is 18.7. The maximum Gasteiger partial charge on any atom is 0.293 e. The zero-order valence-electron chi connectivity index (χ0n) is 13.0. The third kappa shape index (κ3) is 3.96. The molecule has 0 N–H and O–H groups in total. The van der Waals surface area contributed by atoms with Crippen molar-refractivity contribution in [1.82, 2.24) is 4.90 Å². The Bertz CT molecular complexity index is 921. The molecule has 3 rings (SSSR count). The van der Waals surface area contributed by atoms with Crippen molar-refractivity contribution in [3.8, 4) is 0 Å². The van der Waals surface area contributed by atoms with Crippen LogP contribution in [0.3, 0.4) is 0 Å². The molecular weight excluding hydrogens is 417 g/mol. The second kappa shape index (κ2) is 7.84. The zero-order chi connectivity index (χ0) is 18.8. The van der Waals surface area contributed by atoms with Gasteiger partial charge in [-0.3, -0.25) is 19.3 Å². The summed E-state index contributed by atoms with van der Waals surface area (Å²) in [6.07, 6.45) is 1.46. The van der Waals surface area contributed by atoms with Crippen molar-refractivity contribution in [2.75, 3.05) is 6.54 Å². The van der Waals surface area contributed by atoms with E-state index in [0.717, 1.165) is 16.7 Å². The monoisotopic (exact) mass is 425 g/mol. The molecule has 0 spiro atoms. The van der Waals surface area contributed by atoms with E-state index in [1.807, 2.05) is 0 Å². The predicted molar refractivity (Wildman–Crippen MR) is 105 cm³/mol. The average Bonchev–Trinajstić information content (AvgIpc) is 2.86. The Morgan fingerprint density at radius 1 is 1.00 bits per heavy atom. The van der Waals surface area contributed by atoms with Crippen LogP contribution in [0, 0.1) is 0 Å². The molecule has 0 radical (unpaired) electrons. The predicted octanol–water partition coefficient (Wildman–Crippen LogP) is 5.57. The molecule has 26 heavy (non-hydrogen) atoms. The molecule has 0 saturated carbocycles. The van der Waals surface area contributed by atoms with Gasteiger partial charge in [-0.15, -0.1) is 0 Å². The van der Waals surface area contributed by atoms with Crippen LogP contribution in [-0.2, 0) is 4.79 Å². The number of nitrogens with zero attached hydrogens (tertiary/aromatic N) is 1. The molecule has 1 saturated heterocycles. The first-order valence-electron chi connectivity index (χ1n) is 7.35. The molecule has 4 nitrogen and oxygen atoms in total. The minimum absolute atomic E-state index is 0.161. The summed E-state index contributed by atoms with van der Waals surface area (Å²) in [5.41, 5.74) is 0.817. The van der Waals surface area contributed by atoms with Crippen LogP contribution < -0.4 is 0 Å². The molecule has 132 valence electrons. The fraction of sp³-hybridized carbons (Fsp3) is 0.0556. The van der Waals surface area contributed by atoms with Gasteiger partial charge in [0.15, 0.2) is 5.78 Å². The first-order chi connectivity index (χ1) is 12.4. The van der Waals surface area contributed by atoms with Gasteiger partial charge in [0.25, 0.3) is 11.1 Å². The molecule has 0 aromatic heterocycles. The van der Waals surface area contributed by atoms with E-state index < -0.39 is 11.1 Å². The summed E-state index contributed by atoms with van der Waals surface area (Å²) in [7, 11) is 0. The molecule has 1 aliphatic heterocycles. The van der Waals surface area contributed by atoms with Crippen molar-refractivity contribution in [3.05, 3.63) is 73.6 Å². The number of carbonyl (C=O) groups is 3. The van der Waals surface area contributed by atoms with Crippen molar-refractivity contribution >= 4 is 69.6 Å². The summed E-state index contributed by atoms with van der Waals surface area (Å²) < 4.78 is 0. The Morgan fingerprint density at radius 2 is 1.62 bits per heavy atom. The molecule has 2 amide bonds. The molecule has 0 bridgehead atoms. The van der Waals surface area contributed by atoms with E-state index in [1.165, 1.54) is 6.08 Å². The van der Waals surface area contributed by atoms with Crippen LogP contribution >= 0.6 is 46.6 Å². The molecule has 1 aliphatic rings. The minimum Gasteiger partial charge on any atom is -0.292 e. The highest BCUT2D eigenvalue weighted by Crippen LogP contribution is 2.35. The Balaban J connectivity index is 1.82. The Kier molecular flexibility index (Phi) is 5.73. The fourth-order valence-electron chi connectivity index (χ4n) is 2.29. The van der Waals surface area contributed by atoms with Gasteiger partial charge in [-0.05, 0) is 54.2 Å². The zero-order valence-corrected chi connectivity index (χ0v) is 16.1. The van der Waals surface area contributed by atoms with Crippen LogP contribution in [-0.4, -0.2) is 28.4 Å². The van der Waals surface area contributed by atoms with Crippen molar-refractivity contribution in [2.24, 2.45) is 0 Å². The standard InChI is InChI=1S/C18H10Cl3NO3S/c19-11-6-4-10(5-7-11)15(23)9-22-17(24)16(26-18(22)25)8-12-13(20)2-1-3-14(12)21/h1-8H,9H2/b16-8-. The van der Waals surface area contributed by atoms with Gasteiger partial charge in [0.1, 0.15) is 0 Å². The molecule has 0 unspecified atom stereocenters. The summed E-state index contributed by atoms with van der Waals surface area (Å²) in [6, 6.07) is 11.2. The van der Waals surface area contributed by atoms with Gasteiger partial charge in [-0.25, -0.2) is 0 Å². The molecule has 1 heterocycles. The molecule has 0 atom stereocenters. The Labute approximate surface area is 168 Å². The Hall–Kier alpha value is -1.79. The topological polar surface area (TPSA) is 54.5 Å². The van der Waals surface area contributed by atoms with E-state index in [4.69, 9.17) is 34.8 Å². The number of halogens is 3. The minimum atomic E-state index is -0.557. The second-order valence-electron chi connectivity index (χ2n) is 5.33. The van der Waals surface area contributed by atoms with Gasteiger partial charge < -0.3 is 0 Å². The highest BCUT2D eigenvalue weighted by atomic mass is 35.5. The van der Waals surface area contributed by atoms with Gasteiger partial charge in [-0.1, -0.05) is 40.9 Å². The second-order valence-corrected chi connectivity index (χ2v) is 7.58. The van der Waals surface area contributed by atoms with Crippen LogP contribution in [0.15, 0.2) is 47.4 Å². The van der Waals surface area contributed by atoms with Crippen molar-refractivity contribution in [1.29, 1.82) is 0 Å². The SMILES string of the molecule is O=C(CN1C(=O)S/C(=C\c2c(Cl)cccc2Cl)C1=O)c1ccc(Cl)cc1. The number of imide groups is 1. The van der Waals surface area contributed by atoms with Gasteiger partial charge in [0, 0.05) is 26.2 Å². The number of thioether (sulfide) groups is 1. The number of amides is 2. The van der Waals surface area contributed by atoms with E-state index in [2.05, 4.69) is 0 Å². The number of carbonyl (C=O) groups excluding carboxylic acids is 3. The maximum absolute atomic E-state index is 12.5. The van der Waals surface area contributed by atoms with E-state index >= 15 is 0 Å². The van der Waals surface area contributed by atoms with Gasteiger partial charge in [0.05, 0.1) is 11.4 Å². The Morgan fingerprint density at radius 3 is 2.23 bits per heavy atom. The molecular formula is C18H10Cl3NO3S. The molecule has 2 aromatic rings. The summed E-state index contributed by atoms with van der Waals surface area (Å²) in [5.74, 6) is -0.917. The molecule has 8 heteroatoms. The summed E-state index contributed by atoms with van der Waals surface area (Å²) in [5, 5.41) is 0.696. The maximum atomic E-state index is 12.5. The highest BCUT2D eigenvalue weighted by Gasteiger charge is 2.36. The summed E-state index contributed by atoms with van der Waals surface area (Å²) in [4.78, 5) is 38.1. The van der Waals surface area contributed by atoms with Crippen LogP contribution in [0.1, 0.15) is 15.9 Å². The van der Waals surface area contributed by atoms with E-state index in [1.54, 1.807) is 42.5 Å². The molecule has 2 aromatic carbocycles. The number of Topliss-reactive ketones (excluding diaryl/α,β-unsaturated/α-hetero) is 1. The first-order valence-corrected chi connectivity index (χ1v) is 9.30. The van der Waals surface area contributed by atoms with E-state index in [-0.39, 0.29) is 17.2 Å². The van der Waals surface area contributed by atoms with Gasteiger partial charge in [0.2, 0.25) is 0 Å². The van der Waals surface area contributed by atoms with Crippen LogP contribution in [0.25, 0.3) is 6.08 Å². The molecule has 0 aliphatic carbocycles. The van der Waals surface area contributed by atoms with Crippen molar-refractivity contribution in [3.63, 3.8) is 0 Å². The smallest absolute Gasteiger partial charge is 0.292 e. The van der Waals surface area contributed by atoms with Crippen LogP contribution in [0.2, 0.25) is 15.1 Å². The quantitative estimate of drug-likeness (QED) is 0.474. The third-order valence-electron chi connectivity index (χ3n) is 3.62. The third-order valence-corrected chi connectivity index (χ3v) is 5.44. The van der Waals surface area contributed by atoms with Gasteiger partial charge in [-0.2, -0.15) is 0 Å². The molecule has 1 fully saturated rings. The van der Waals surface area contributed by atoms with Gasteiger partial charge >= 0.3 is 0 Å². The lowest BCUT2D eigenvalue weighted by Gasteiger charge is -2.11. The number of ketones is 1. The largest absolute Gasteiger partial charge is 0.293 e. The van der Waals surface area contributed by atoms with Crippen molar-refractivity contribution < 1.29 is 14.4 Å². The van der Waals surface area contributed by atoms with E-state index in [9.17, 15) is 14.4 Å². The highest BCUT2D eigenvalue weighted by molar-refractivity contribution is 8.18. The average molecular weight is 427 g/mol. The first kappa shape index (κ1) is 19.0. The van der Waals surface area contributed by atoms with Crippen LogP contribution in [0.5, 0.6) is 0 Å². The van der Waals surface area contributed by atoms with E-state index in [0.29, 0.717) is 26.2 Å². The number of rotatable bonds is 4. The fourth-order valence-corrected chi connectivity index (χ4v) is 3.74. The van der Waals surface area contributed by atoms with Crippen LogP contribution in [0.4, 0.5) is 4.79 Å². The lowest BCUT2D eigenvalue weighted by atomic mass is 10.1. The normalized spacial score (nSPS) is 15.8. The van der Waals surface area contributed by atoms with Crippen molar-refractivity contribution in [2.45, 2.75) is 0 Å². The number of benzene rings is 2. The summed E-state index contributed by atoms with van der Waals surface area (Å²) in [6.45, 7) is -0.347. The lowest BCUT2D eigenvalue weighted by Crippen LogP contribution is -2.33. The number of hydrogen-bond donors (Lipinski definition) is 0.